The third kappa shape index (κ3) is 4.42. The van der Waals surface area contributed by atoms with E-state index in [0.29, 0.717) is 0 Å². The molecule has 1 N–H and O–H groups in total. The highest BCUT2D eigenvalue weighted by molar-refractivity contribution is 5.79. The smallest absolute Gasteiger partial charge is 0.224 e. The molecule has 21 heavy (non-hydrogen) atoms. The van der Waals surface area contributed by atoms with Crippen LogP contribution in [0, 0.1) is 5.82 Å². The van der Waals surface area contributed by atoms with Crippen molar-refractivity contribution < 1.29 is 9.18 Å². The van der Waals surface area contributed by atoms with Gasteiger partial charge in [0.15, 0.2) is 0 Å². The van der Waals surface area contributed by atoms with E-state index in [0.717, 1.165) is 17.5 Å². The van der Waals surface area contributed by atoms with Crippen LogP contribution in [0.3, 0.4) is 0 Å². The van der Waals surface area contributed by atoms with E-state index in [-0.39, 0.29) is 24.2 Å². The summed E-state index contributed by atoms with van der Waals surface area (Å²) in [6.07, 6.45) is 1.27. The number of nitrogens with one attached hydrogen (secondary N) is 1. The van der Waals surface area contributed by atoms with Gasteiger partial charge in [0.2, 0.25) is 5.91 Å². The summed E-state index contributed by atoms with van der Waals surface area (Å²) in [6.45, 7) is 4.08. The number of carbonyl (C=O) groups is 1. The van der Waals surface area contributed by atoms with Crippen molar-refractivity contribution in [3.05, 3.63) is 71.0 Å². The standard InChI is InChI=1S/C18H20FNO/c1-3-14-4-8-16(9-5-14)13(2)20-18(21)12-15-6-10-17(19)11-7-15/h4-11,13H,3,12H2,1-2H3,(H,20,21)/t13-/m1/s1. The third-order valence-corrected chi connectivity index (χ3v) is 3.54. The van der Waals surface area contributed by atoms with Crippen LogP contribution < -0.4 is 5.32 Å². The van der Waals surface area contributed by atoms with E-state index in [1.54, 1.807) is 12.1 Å². The van der Waals surface area contributed by atoms with Crippen molar-refractivity contribution in [1.82, 2.24) is 5.32 Å². The maximum atomic E-state index is 12.8. The lowest BCUT2D eigenvalue weighted by Gasteiger charge is -2.15. The summed E-state index contributed by atoms with van der Waals surface area (Å²) >= 11 is 0. The first-order valence-corrected chi connectivity index (χ1v) is 7.21. The fourth-order valence-electron chi connectivity index (χ4n) is 2.21. The minimum absolute atomic E-state index is 0.0381. The number of rotatable bonds is 5. The van der Waals surface area contributed by atoms with Gasteiger partial charge in [0.1, 0.15) is 5.82 Å². The fraction of sp³-hybridized carbons (Fsp3) is 0.278. The third-order valence-electron chi connectivity index (χ3n) is 3.54. The van der Waals surface area contributed by atoms with E-state index >= 15 is 0 Å². The molecule has 1 atom stereocenters. The summed E-state index contributed by atoms with van der Waals surface area (Å²) in [7, 11) is 0. The Labute approximate surface area is 125 Å². The predicted molar refractivity (Wildman–Crippen MR) is 82.5 cm³/mol. The van der Waals surface area contributed by atoms with Crippen LogP contribution in [0.2, 0.25) is 0 Å². The number of halogens is 1. The highest BCUT2D eigenvalue weighted by Crippen LogP contribution is 2.14. The number of benzene rings is 2. The summed E-state index contributed by atoms with van der Waals surface area (Å²) in [5, 5.41) is 2.96. The van der Waals surface area contributed by atoms with E-state index in [1.807, 2.05) is 19.1 Å². The monoisotopic (exact) mass is 285 g/mol. The quantitative estimate of drug-likeness (QED) is 0.889. The number of hydrogen-bond acceptors (Lipinski definition) is 1. The van der Waals surface area contributed by atoms with E-state index < -0.39 is 0 Å². The molecule has 0 fully saturated rings. The molecule has 0 aliphatic carbocycles. The molecule has 0 aromatic heterocycles. The minimum atomic E-state index is -0.288. The van der Waals surface area contributed by atoms with Gasteiger partial charge in [-0.05, 0) is 42.2 Å². The second-order valence-corrected chi connectivity index (χ2v) is 5.19. The summed E-state index contributed by atoms with van der Waals surface area (Å²) in [5.74, 6) is -0.350. The van der Waals surface area contributed by atoms with Crippen molar-refractivity contribution >= 4 is 5.91 Å². The van der Waals surface area contributed by atoms with E-state index in [4.69, 9.17) is 0 Å². The van der Waals surface area contributed by atoms with Gasteiger partial charge in [-0.25, -0.2) is 4.39 Å². The zero-order chi connectivity index (χ0) is 15.2. The summed E-state index contributed by atoms with van der Waals surface area (Å²) in [5.41, 5.74) is 3.17. The van der Waals surface area contributed by atoms with Crippen molar-refractivity contribution in [1.29, 1.82) is 0 Å². The molecular formula is C18H20FNO. The minimum Gasteiger partial charge on any atom is -0.349 e. The van der Waals surface area contributed by atoms with E-state index in [1.165, 1.54) is 17.7 Å². The Morgan fingerprint density at radius 3 is 2.19 bits per heavy atom. The SMILES string of the molecule is CCc1ccc([C@@H](C)NC(=O)Cc2ccc(F)cc2)cc1. The number of hydrogen-bond donors (Lipinski definition) is 1. The first-order valence-electron chi connectivity index (χ1n) is 7.21. The Kier molecular flexibility index (Phi) is 5.09. The van der Waals surface area contributed by atoms with E-state index in [9.17, 15) is 9.18 Å². The Morgan fingerprint density at radius 2 is 1.62 bits per heavy atom. The first-order chi connectivity index (χ1) is 10.1. The zero-order valence-corrected chi connectivity index (χ0v) is 12.4. The van der Waals surface area contributed by atoms with Crippen molar-refractivity contribution in [2.75, 3.05) is 0 Å². The van der Waals surface area contributed by atoms with Crippen molar-refractivity contribution in [2.45, 2.75) is 32.7 Å². The molecule has 2 aromatic rings. The second kappa shape index (κ2) is 7.02. The lowest BCUT2D eigenvalue weighted by molar-refractivity contribution is -0.121. The van der Waals surface area contributed by atoms with Gasteiger partial charge in [-0.3, -0.25) is 4.79 Å². The maximum Gasteiger partial charge on any atom is 0.224 e. The van der Waals surface area contributed by atoms with Crippen LogP contribution in [0.15, 0.2) is 48.5 Å². The van der Waals surface area contributed by atoms with Crippen LogP contribution in [-0.4, -0.2) is 5.91 Å². The molecule has 0 heterocycles. The zero-order valence-electron chi connectivity index (χ0n) is 12.4. The molecule has 0 aliphatic rings. The van der Waals surface area contributed by atoms with Crippen LogP contribution >= 0.6 is 0 Å². The van der Waals surface area contributed by atoms with Gasteiger partial charge in [0, 0.05) is 0 Å². The Balaban J connectivity index is 1.93. The highest BCUT2D eigenvalue weighted by atomic mass is 19.1. The largest absolute Gasteiger partial charge is 0.349 e. The molecule has 0 spiro atoms. The lowest BCUT2D eigenvalue weighted by atomic mass is 10.0. The second-order valence-electron chi connectivity index (χ2n) is 5.19. The predicted octanol–water partition coefficient (Wildman–Crippen LogP) is 3.81. The van der Waals surface area contributed by atoms with Crippen LogP contribution in [0.1, 0.15) is 36.6 Å². The summed E-state index contributed by atoms with van der Waals surface area (Å²) in [6, 6.07) is 14.2. The van der Waals surface area contributed by atoms with Crippen molar-refractivity contribution in [2.24, 2.45) is 0 Å². The molecule has 2 rings (SSSR count). The summed E-state index contributed by atoms with van der Waals surface area (Å²) < 4.78 is 12.8. The lowest BCUT2D eigenvalue weighted by Crippen LogP contribution is -2.28. The molecule has 2 nitrogen and oxygen atoms in total. The maximum absolute atomic E-state index is 12.8. The molecule has 0 saturated carbocycles. The number of carbonyl (C=O) groups excluding carboxylic acids is 1. The molecule has 0 saturated heterocycles. The molecule has 3 heteroatoms. The van der Waals surface area contributed by atoms with Gasteiger partial charge < -0.3 is 5.32 Å². The molecule has 110 valence electrons. The topological polar surface area (TPSA) is 29.1 Å². The molecule has 2 aromatic carbocycles. The Morgan fingerprint density at radius 1 is 1.05 bits per heavy atom. The van der Waals surface area contributed by atoms with Crippen LogP contribution in [0.4, 0.5) is 4.39 Å². The van der Waals surface area contributed by atoms with Gasteiger partial charge in [-0.2, -0.15) is 0 Å². The van der Waals surface area contributed by atoms with Gasteiger partial charge in [0.05, 0.1) is 12.5 Å². The molecule has 0 aliphatic heterocycles. The van der Waals surface area contributed by atoms with Gasteiger partial charge >= 0.3 is 0 Å². The fourth-order valence-corrected chi connectivity index (χ4v) is 2.21. The molecule has 0 bridgehead atoms. The average Bonchev–Trinajstić information content (AvgIpc) is 2.49. The highest BCUT2D eigenvalue weighted by Gasteiger charge is 2.10. The Hall–Kier alpha value is -2.16. The average molecular weight is 285 g/mol. The molecule has 0 radical (unpaired) electrons. The van der Waals surface area contributed by atoms with Crippen molar-refractivity contribution in [3.8, 4) is 0 Å². The molecular weight excluding hydrogens is 265 g/mol. The number of amides is 1. The van der Waals surface area contributed by atoms with Crippen LogP contribution in [-0.2, 0) is 17.6 Å². The first kappa shape index (κ1) is 15.2. The molecule has 0 unspecified atom stereocenters. The van der Waals surface area contributed by atoms with E-state index in [2.05, 4.69) is 24.4 Å². The Bertz CT molecular complexity index is 590. The van der Waals surface area contributed by atoms with Crippen LogP contribution in [0.25, 0.3) is 0 Å². The van der Waals surface area contributed by atoms with Crippen molar-refractivity contribution in [3.63, 3.8) is 0 Å². The van der Waals surface area contributed by atoms with Crippen LogP contribution in [0.5, 0.6) is 0 Å². The van der Waals surface area contributed by atoms with Gasteiger partial charge in [-0.1, -0.05) is 43.3 Å². The summed E-state index contributed by atoms with van der Waals surface area (Å²) in [4.78, 5) is 12.0. The van der Waals surface area contributed by atoms with Gasteiger partial charge in [-0.15, -0.1) is 0 Å². The normalized spacial score (nSPS) is 12.0. The number of aryl methyl sites for hydroxylation is 1. The van der Waals surface area contributed by atoms with Gasteiger partial charge in [0.25, 0.3) is 0 Å². The molecule has 1 amide bonds.